The Hall–Kier alpha value is -4.04. The zero-order valence-corrected chi connectivity index (χ0v) is 21.8. The number of carbonyl (C=O) groups is 2. The number of hydroxylamine groups is 1. The average Bonchev–Trinajstić information content (AvgIpc) is 3.46. The summed E-state index contributed by atoms with van der Waals surface area (Å²) in [6.07, 6.45) is 0.998. The second kappa shape index (κ2) is 11.1. The third-order valence-electron chi connectivity index (χ3n) is 6.80. The first-order valence-corrected chi connectivity index (χ1v) is 13.0. The summed E-state index contributed by atoms with van der Waals surface area (Å²) in [4.78, 5) is 35.0. The van der Waals surface area contributed by atoms with Gasteiger partial charge < -0.3 is 14.2 Å². The number of rotatable bonds is 10. The maximum Gasteiger partial charge on any atom is 0.266 e. The number of fused-ring (bicyclic) bond motifs is 1. The fraction of sp³-hybridized carbons (Fsp3) is 0.333. The van der Waals surface area contributed by atoms with Crippen molar-refractivity contribution < 1.29 is 28.6 Å². The van der Waals surface area contributed by atoms with Crippen molar-refractivity contribution in [3.05, 3.63) is 78.4 Å². The molecule has 0 spiro atoms. The van der Waals surface area contributed by atoms with Crippen LogP contribution in [0, 0.1) is 5.92 Å². The molecule has 2 aliphatic heterocycles. The Morgan fingerprint density at radius 2 is 1.63 bits per heavy atom. The maximum atomic E-state index is 13.9. The highest BCUT2D eigenvalue weighted by atomic mass is 16.7. The maximum absolute atomic E-state index is 13.9. The molecular formula is C30H32N2O6. The van der Waals surface area contributed by atoms with E-state index in [1.807, 2.05) is 55.5 Å². The first kappa shape index (κ1) is 25.6. The highest BCUT2D eigenvalue weighted by Gasteiger charge is 2.60. The number of anilines is 2. The molecule has 2 amide bonds. The van der Waals surface area contributed by atoms with Crippen molar-refractivity contribution in [2.45, 2.75) is 38.8 Å². The summed E-state index contributed by atoms with van der Waals surface area (Å²) in [5, 5.41) is 1.68. The number of nitrogens with zero attached hydrogens (tertiary/aromatic N) is 2. The number of methoxy groups -OCH3 is 1. The van der Waals surface area contributed by atoms with Gasteiger partial charge in [-0.15, -0.1) is 0 Å². The van der Waals surface area contributed by atoms with Gasteiger partial charge in [0.2, 0.25) is 5.91 Å². The third kappa shape index (κ3) is 4.67. The number of imide groups is 1. The molecule has 8 heteroatoms. The molecule has 3 aromatic rings. The molecule has 3 aromatic carbocycles. The molecule has 38 heavy (non-hydrogen) atoms. The second-order valence-electron chi connectivity index (χ2n) is 9.21. The molecule has 0 radical (unpaired) electrons. The third-order valence-corrected chi connectivity index (χ3v) is 6.80. The van der Waals surface area contributed by atoms with Crippen LogP contribution in [-0.4, -0.2) is 38.2 Å². The molecule has 0 saturated carbocycles. The van der Waals surface area contributed by atoms with Gasteiger partial charge >= 0.3 is 0 Å². The summed E-state index contributed by atoms with van der Waals surface area (Å²) in [5.41, 5.74) is 2.00. The normalized spacial score (nSPS) is 20.6. The first-order valence-electron chi connectivity index (χ1n) is 13.0. The number of hydrogen-bond donors (Lipinski definition) is 0. The topological polar surface area (TPSA) is 77.5 Å². The Kier molecular flexibility index (Phi) is 7.51. The second-order valence-corrected chi connectivity index (χ2v) is 9.21. The van der Waals surface area contributed by atoms with E-state index in [9.17, 15) is 9.59 Å². The van der Waals surface area contributed by atoms with Crippen molar-refractivity contribution in [3.63, 3.8) is 0 Å². The Morgan fingerprint density at radius 1 is 0.842 bits per heavy atom. The Morgan fingerprint density at radius 3 is 2.37 bits per heavy atom. The van der Waals surface area contributed by atoms with E-state index in [-0.39, 0.29) is 5.91 Å². The lowest BCUT2D eigenvalue weighted by atomic mass is 9.90. The number of para-hydroxylation sites is 1. The van der Waals surface area contributed by atoms with Crippen LogP contribution in [0.25, 0.3) is 0 Å². The number of ether oxygens (including phenoxy) is 3. The fourth-order valence-corrected chi connectivity index (χ4v) is 4.98. The van der Waals surface area contributed by atoms with Gasteiger partial charge in [0.15, 0.2) is 17.6 Å². The van der Waals surface area contributed by atoms with Crippen LogP contribution in [0.5, 0.6) is 17.2 Å². The highest BCUT2D eigenvalue weighted by Crippen LogP contribution is 2.49. The van der Waals surface area contributed by atoms with Crippen LogP contribution >= 0.6 is 0 Å². The lowest BCUT2D eigenvalue weighted by Crippen LogP contribution is -2.37. The van der Waals surface area contributed by atoms with Crippen molar-refractivity contribution in [2.75, 3.05) is 30.3 Å². The summed E-state index contributed by atoms with van der Waals surface area (Å²) in [5.74, 6) is 0.328. The molecule has 5 rings (SSSR count). The summed E-state index contributed by atoms with van der Waals surface area (Å²) in [6.45, 7) is 5.08. The van der Waals surface area contributed by atoms with Gasteiger partial charge in [0.1, 0.15) is 11.7 Å². The van der Waals surface area contributed by atoms with Gasteiger partial charge in [-0.2, -0.15) is 0 Å². The molecule has 2 heterocycles. The Balaban J connectivity index is 1.55. The van der Waals surface area contributed by atoms with E-state index in [1.165, 1.54) is 4.90 Å². The Bertz CT molecular complexity index is 1300. The predicted molar refractivity (Wildman–Crippen MR) is 144 cm³/mol. The van der Waals surface area contributed by atoms with E-state index < -0.39 is 24.0 Å². The standard InChI is InChI=1S/C30H32N2O6/c1-4-6-17-37-24-16-15-20(18-25(24)36-5-2)27-26-28(38-32(27)21-11-8-7-9-12-21)30(34)31(29(26)33)22-13-10-14-23(19-22)35-3/h7-16,18-19,26-28H,4-6,17H2,1-3H3/t26-,27+,28-/m0/s1. The predicted octanol–water partition coefficient (Wildman–Crippen LogP) is 5.32. The average molecular weight is 517 g/mol. The fourth-order valence-electron chi connectivity index (χ4n) is 4.98. The number of hydrogen-bond acceptors (Lipinski definition) is 7. The van der Waals surface area contributed by atoms with Gasteiger partial charge in [-0.1, -0.05) is 43.7 Å². The first-order chi connectivity index (χ1) is 18.6. The van der Waals surface area contributed by atoms with Crippen molar-refractivity contribution in [3.8, 4) is 17.2 Å². The summed E-state index contributed by atoms with van der Waals surface area (Å²) in [7, 11) is 1.55. The molecule has 0 N–H and O–H groups in total. The van der Waals surface area contributed by atoms with E-state index >= 15 is 0 Å². The summed E-state index contributed by atoms with van der Waals surface area (Å²) < 4.78 is 17.2. The molecule has 0 aliphatic carbocycles. The van der Waals surface area contributed by atoms with Gasteiger partial charge in [0.05, 0.1) is 37.7 Å². The Labute approximate surface area is 222 Å². The van der Waals surface area contributed by atoms with Gasteiger partial charge in [0.25, 0.3) is 5.91 Å². The lowest BCUT2D eigenvalue weighted by Gasteiger charge is -2.29. The SMILES string of the molecule is CCCCOc1ccc([C@@H]2[C@@H]3C(=O)N(c4cccc(OC)c4)C(=O)[C@H]3ON2c2ccccc2)cc1OCC. The van der Waals surface area contributed by atoms with Gasteiger partial charge in [-0.25, -0.2) is 9.96 Å². The van der Waals surface area contributed by atoms with Crippen LogP contribution in [0.4, 0.5) is 11.4 Å². The van der Waals surface area contributed by atoms with Crippen molar-refractivity contribution in [1.82, 2.24) is 0 Å². The summed E-state index contributed by atoms with van der Waals surface area (Å²) >= 11 is 0. The van der Waals surface area contributed by atoms with E-state index in [0.717, 1.165) is 24.1 Å². The van der Waals surface area contributed by atoms with Gasteiger partial charge in [0, 0.05) is 6.07 Å². The number of carbonyl (C=O) groups excluding carboxylic acids is 2. The number of unbranched alkanes of at least 4 members (excludes halogenated alkanes) is 1. The van der Waals surface area contributed by atoms with Crippen LogP contribution in [0.3, 0.4) is 0 Å². The molecule has 0 bridgehead atoms. The molecule has 2 aliphatic rings. The minimum absolute atomic E-state index is 0.321. The van der Waals surface area contributed by atoms with E-state index in [2.05, 4.69) is 6.92 Å². The largest absolute Gasteiger partial charge is 0.497 e. The smallest absolute Gasteiger partial charge is 0.266 e. The van der Waals surface area contributed by atoms with Crippen molar-refractivity contribution in [2.24, 2.45) is 5.92 Å². The summed E-state index contributed by atoms with van der Waals surface area (Å²) in [6, 6.07) is 21.5. The van der Waals surface area contributed by atoms with Gasteiger partial charge in [-0.05, 0) is 55.3 Å². The monoisotopic (exact) mass is 516 g/mol. The van der Waals surface area contributed by atoms with Gasteiger partial charge in [-0.3, -0.25) is 14.4 Å². The quantitative estimate of drug-likeness (QED) is 0.266. The highest BCUT2D eigenvalue weighted by molar-refractivity contribution is 6.24. The zero-order chi connectivity index (χ0) is 26.6. The number of amides is 2. The minimum Gasteiger partial charge on any atom is -0.497 e. The minimum atomic E-state index is -0.963. The molecule has 198 valence electrons. The van der Waals surface area contributed by atoms with Crippen LogP contribution in [-0.2, 0) is 14.4 Å². The molecular weight excluding hydrogens is 484 g/mol. The van der Waals surface area contributed by atoms with Crippen LogP contribution in [0.15, 0.2) is 72.8 Å². The van der Waals surface area contributed by atoms with Crippen LogP contribution < -0.4 is 24.2 Å². The van der Waals surface area contributed by atoms with E-state index in [0.29, 0.717) is 36.1 Å². The molecule has 0 unspecified atom stereocenters. The molecule has 8 nitrogen and oxygen atoms in total. The van der Waals surface area contributed by atoms with Crippen LogP contribution in [0.1, 0.15) is 38.3 Å². The molecule has 2 fully saturated rings. The molecule has 3 atom stereocenters. The zero-order valence-electron chi connectivity index (χ0n) is 21.8. The molecule has 0 aromatic heterocycles. The van der Waals surface area contributed by atoms with E-state index in [4.69, 9.17) is 19.0 Å². The lowest BCUT2D eigenvalue weighted by molar-refractivity contribution is -0.126. The molecule has 2 saturated heterocycles. The van der Waals surface area contributed by atoms with E-state index in [1.54, 1.807) is 36.4 Å². The number of benzene rings is 3. The van der Waals surface area contributed by atoms with Crippen LogP contribution in [0.2, 0.25) is 0 Å². The van der Waals surface area contributed by atoms with Crippen molar-refractivity contribution >= 4 is 23.2 Å². The van der Waals surface area contributed by atoms with Crippen molar-refractivity contribution in [1.29, 1.82) is 0 Å².